The van der Waals surface area contributed by atoms with Gasteiger partial charge in [0.25, 0.3) is 0 Å². The van der Waals surface area contributed by atoms with Gasteiger partial charge in [-0.25, -0.2) is 4.79 Å². The molecule has 4 aliphatic rings. The third-order valence-electron chi connectivity index (χ3n) is 25.2. The van der Waals surface area contributed by atoms with Gasteiger partial charge in [0.2, 0.25) is 17.7 Å². The average Bonchev–Trinajstić information content (AvgIpc) is 0.931. The van der Waals surface area contributed by atoms with Crippen molar-refractivity contribution in [3.8, 4) is 0 Å². The maximum atomic E-state index is 14.3. The lowest BCUT2D eigenvalue weighted by atomic mass is 9.71. The summed E-state index contributed by atoms with van der Waals surface area (Å²) >= 11 is 0. The van der Waals surface area contributed by atoms with Crippen molar-refractivity contribution < 1.29 is 146 Å². The molecule has 12 N–H and O–H groups in total. The van der Waals surface area contributed by atoms with Crippen LogP contribution in [0, 0.1) is 29.1 Å². The predicted octanol–water partition coefficient (Wildman–Crippen LogP) is 8.94. The van der Waals surface area contributed by atoms with Gasteiger partial charge < -0.3 is 124 Å². The number of ketones is 3. The number of aliphatic hydroxyl groups excluding tert-OH is 9. The molecule has 0 aromatic heterocycles. The van der Waals surface area contributed by atoms with Crippen LogP contribution in [0.3, 0.4) is 0 Å². The molecule has 3 aliphatic heterocycles. The fraction of sp³-hybridized carbons (Fsp3) is 0.904. The Morgan fingerprint density at radius 1 is 0.423 bits per heavy atom. The number of rotatable bonds is 78. The number of likely N-dealkylation sites (tertiary alicyclic amines) is 1. The quantitative estimate of drug-likeness (QED) is 0.0117. The van der Waals surface area contributed by atoms with Gasteiger partial charge in [-0.3, -0.25) is 38.4 Å². The number of nitrogens with one attached hydrogen (secondary N) is 3. The first-order valence-electron chi connectivity index (χ1n) is 48.7. The molecule has 16 unspecified atom stereocenters. The van der Waals surface area contributed by atoms with E-state index in [-0.39, 0.29) is 167 Å². The molecule has 3 saturated heterocycles. The lowest BCUT2D eigenvalue weighted by Gasteiger charge is -2.40. The molecule has 1 aliphatic carbocycles. The summed E-state index contributed by atoms with van der Waals surface area (Å²) in [6, 6.07) is 0.00449. The van der Waals surface area contributed by atoms with Gasteiger partial charge in [-0.05, 0) is 148 Å². The van der Waals surface area contributed by atoms with Gasteiger partial charge in [0.1, 0.15) is 41.8 Å². The summed E-state index contributed by atoms with van der Waals surface area (Å²) in [5.41, 5.74) is -0.673. The number of Topliss-reactive ketones (excluding diaryl/α,β-unsaturated/α-hetero) is 3. The summed E-state index contributed by atoms with van der Waals surface area (Å²) < 4.78 is 68.4. The Kier molecular flexibility index (Phi) is 63.7. The summed E-state index contributed by atoms with van der Waals surface area (Å²) in [4.78, 5) is 119. The zero-order chi connectivity index (χ0) is 95.3. The van der Waals surface area contributed by atoms with Crippen LogP contribution in [-0.4, -0.2) is 327 Å². The lowest BCUT2D eigenvalue weighted by molar-refractivity contribution is -0.282. The molecule has 130 heavy (non-hydrogen) atoms. The highest BCUT2D eigenvalue weighted by Crippen LogP contribution is 2.42. The first-order valence-corrected chi connectivity index (χ1v) is 51.0. The van der Waals surface area contributed by atoms with E-state index in [1.807, 2.05) is 4.90 Å². The normalized spacial score (nSPS) is 24.6. The van der Waals surface area contributed by atoms with Crippen LogP contribution in [0.15, 0.2) is 0 Å². The molecular formula is C94H168N4O30S2. The zero-order valence-corrected chi connectivity index (χ0v) is 81.0. The van der Waals surface area contributed by atoms with Gasteiger partial charge in [-0.15, -0.1) is 0 Å². The van der Waals surface area contributed by atoms with E-state index in [1.165, 1.54) is 0 Å². The second-order valence-corrected chi connectivity index (χ2v) is 39.7. The van der Waals surface area contributed by atoms with Crippen LogP contribution in [0.2, 0.25) is 0 Å². The third kappa shape index (κ3) is 50.1. The van der Waals surface area contributed by atoms with Gasteiger partial charge in [0.05, 0.1) is 122 Å². The number of ether oxygens (including phenoxy) is 12. The predicted molar refractivity (Wildman–Crippen MR) is 491 cm³/mol. The van der Waals surface area contributed by atoms with E-state index in [0.29, 0.717) is 187 Å². The molecule has 0 radical (unpaired) electrons. The first kappa shape index (κ1) is 118. The fourth-order valence-electron chi connectivity index (χ4n) is 16.9. The molecule has 4 fully saturated rings. The van der Waals surface area contributed by atoms with Crippen molar-refractivity contribution in [1.29, 1.82) is 0 Å². The van der Waals surface area contributed by atoms with Crippen LogP contribution >= 0.6 is 21.6 Å². The van der Waals surface area contributed by atoms with Gasteiger partial charge in [0.15, 0.2) is 12.6 Å². The fourth-order valence-corrected chi connectivity index (χ4v) is 19.3. The minimum Gasteiger partial charge on any atom is -0.466 e. The standard InChI is InChI=1S/C94H168N4O30S2/c1-67-76(59-70(63-99)87(113)84(67)110)121-48-26-34-79(105)95-45-22-14-9-12-18-37-82(108)122-51-28-41-94(42-29-52-123-83(109)38-19-13-10-15-23-46-96-80(106)35-27-50-125-91-69(3)86(112)89(115)78(65-101)128-91,43-30-53-126-92(116)97-47-24-16-8-11-17-31-72(102)33-25-49-124-90-68(2)85(111)88(114)77(64-100)127-90)61-74(104)40-54-119-55-56-120-57-58-129-130-93(4,5)44-39-73(103)32-20-21-36-81(107)98-62-75(118-7)60-71(98)66-117-6/h67-71,75-78,84-91,99-101,110-115H,8-66H2,1-7H3,(H,95,105)(H,96,106)(H,97,116)/t67?,68?,69?,70?,71-,75+,76?,77?,78?,84?,85?,86?,87?,88?,89?,90?,91?,94?/m1/s1. The highest BCUT2D eigenvalue weighted by atomic mass is 33.1. The van der Waals surface area contributed by atoms with Crippen LogP contribution in [0.25, 0.3) is 0 Å². The molecule has 0 aromatic rings. The number of unbranched alkanes of at least 4 members (excludes halogenated alkanes) is 13. The summed E-state index contributed by atoms with van der Waals surface area (Å²) in [7, 11) is 6.69. The maximum Gasteiger partial charge on any atom is 0.407 e. The number of hydrogen-bond acceptors (Lipinski definition) is 32. The summed E-state index contributed by atoms with van der Waals surface area (Å²) in [5.74, 6) is -1.66. The Labute approximate surface area is 781 Å². The number of methoxy groups -OCH3 is 2. The minimum absolute atomic E-state index is 0.00449. The Bertz CT molecular complexity index is 2860. The highest BCUT2D eigenvalue weighted by Gasteiger charge is 2.45. The van der Waals surface area contributed by atoms with Gasteiger partial charge >= 0.3 is 18.0 Å². The third-order valence-corrected chi connectivity index (χ3v) is 28.5. The van der Waals surface area contributed by atoms with Crippen LogP contribution in [0.1, 0.15) is 291 Å². The maximum absolute atomic E-state index is 14.3. The van der Waals surface area contributed by atoms with Crippen LogP contribution in [0.4, 0.5) is 4.79 Å². The van der Waals surface area contributed by atoms with E-state index < -0.39 is 104 Å². The minimum atomic E-state index is -1.23. The Morgan fingerprint density at radius 3 is 1.40 bits per heavy atom. The number of nitrogens with zero attached hydrogens (tertiary/aromatic N) is 1. The largest absolute Gasteiger partial charge is 0.466 e. The van der Waals surface area contributed by atoms with Crippen molar-refractivity contribution >= 4 is 74.7 Å². The number of hydrogen-bond donors (Lipinski definition) is 12. The molecule has 34 nitrogen and oxygen atoms in total. The van der Waals surface area contributed by atoms with E-state index in [1.54, 1.807) is 56.6 Å². The molecule has 0 bridgehead atoms. The molecule has 0 spiro atoms. The van der Waals surface area contributed by atoms with Gasteiger partial charge in [-0.2, -0.15) is 0 Å². The van der Waals surface area contributed by atoms with Crippen molar-refractivity contribution in [3.05, 3.63) is 0 Å². The smallest absolute Gasteiger partial charge is 0.407 e. The number of aliphatic hydroxyl groups is 9. The first-order chi connectivity index (χ1) is 62.5. The molecule has 4 rings (SSSR count). The van der Waals surface area contributed by atoms with Crippen molar-refractivity contribution in [2.45, 2.75) is 376 Å². The number of carbonyl (C=O) groups is 9. The molecule has 36 heteroatoms. The molecule has 756 valence electrons. The van der Waals surface area contributed by atoms with Crippen LogP contribution in [-0.2, 0) is 95.2 Å². The number of esters is 2. The summed E-state index contributed by atoms with van der Waals surface area (Å²) in [6.07, 6.45) is 11.1. The second kappa shape index (κ2) is 70.3. The highest BCUT2D eigenvalue weighted by molar-refractivity contribution is 8.77. The molecular weight excluding hydrogens is 1730 g/mol. The van der Waals surface area contributed by atoms with Crippen molar-refractivity contribution in [1.82, 2.24) is 20.9 Å². The Hall–Kier alpha value is -4.39. The van der Waals surface area contributed by atoms with Crippen molar-refractivity contribution in [2.75, 3.05) is 139 Å². The van der Waals surface area contributed by atoms with E-state index in [0.717, 1.165) is 89.9 Å². The number of amides is 4. The molecule has 18 atom stereocenters. The second-order valence-electron chi connectivity index (χ2n) is 36.6. The van der Waals surface area contributed by atoms with Crippen molar-refractivity contribution in [2.24, 2.45) is 29.1 Å². The molecule has 1 saturated carbocycles. The van der Waals surface area contributed by atoms with Gasteiger partial charge in [0, 0.05) is 158 Å². The average molecular weight is 1900 g/mol. The SMILES string of the molecule is COC[C@H]1C[C@H](OC)CN1C(=O)CCCCC(=O)CCC(C)(C)SSCCOCCOCCC(=O)CC(CCCOC(=O)CCCCCCCNC(=O)CCCOC1CC(CO)C(O)C(O)C1C)(CCCOC(=O)CCCCCCCNC(=O)CCCOC1OC(CO)C(O)C(O)C1C)CCCOC(=O)NCCCCCCCC(=O)CCCOC1OC(CO)C(O)C(O)C1C. The van der Waals surface area contributed by atoms with E-state index >= 15 is 0 Å². The Balaban J connectivity index is 1.25. The topological polar surface area (TPSA) is 486 Å². The van der Waals surface area contributed by atoms with Gasteiger partial charge in [-0.1, -0.05) is 100 Å². The summed E-state index contributed by atoms with van der Waals surface area (Å²) in [5, 5.41) is 98.8. The number of alkyl carbamates (subject to hydrolysis) is 1. The van der Waals surface area contributed by atoms with E-state index in [9.17, 15) is 89.1 Å². The number of carbonyl (C=O) groups excluding carboxylic acids is 9. The lowest BCUT2D eigenvalue weighted by Crippen LogP contribution is -2.55. The summed E-state index contributed by atoms with van der Waals surface area (Å²) in [6.45, 7) is 12.9. The molecule has 0 aromatic carbocycles. The van der Waals surface area contributed by atoms with E-state index in [2.05, 4.69) is 29.8 Å². The zero-order valence-electron chi connectivity index (χ0n) is 79.4. The van der Waals surface area contributed by atoms with Crippen LogP contribution < -0.4 is 16.0 Å². The molecule has 3 heterocycles. The van der Waals surface area contributed by atoms with E-state index in [4.69, 9.17) is 56.8 Å². The molecule has 4 amide bonds. The van der Waals surface area contributed by atoms with Crippen LogP contribution in [0.5, 0.6) is 0 Å². The van der Waals surface area contributed by atoms with Crippen molar-refractivity contribution in [3.63, 3.8) is 0 Å². The Morgan fingerprint density at radius 2 is 0.877 bits per heavy atom. The monoisotopic (exact) mass is 1900 g/mol.